The highest BCUT2D eigenvalue weighted by molar-refractivity contribution is 6.31. The van der Waals surface area contributed by atoms with E-state index >= 15 is 0 Å². The molecular weight excluding hydrogens is 300 g/mol. The summed E-state index contributed by atoms with van der Waals surface area (Å²) < 4.78 is 13.7. The first-order valence-electron chi connectivity index (χ1n) is 6.79. The molecule has 0 radical (unpaired) electrons. The Bertz CT molecular complexity index is 509. The minimum absolute atomic E-state index is 0.0276. The van der Waals surface area contributed by atoms with Crippen molar-refractivity contribution < 1.29 is 9.18 Å². The van der Waals surface area contributed by atoms with E-state index in [0.29, 0.717) is 16.8 Å². The van der Waals surface area contributed by atoms with Crippen LogP contribution in [0.5, 0.6) is 0 Å². The van der Waals surface area contributed by atoms with Gasteiger partial charge in [-0.05, 0) is 37.0 Å². The molecule has 1 aromatic carbocycles. The maximum absolute atomic E-state index is 13.7. The lowest BCUT2D eigenvalue weighted by Crippen LogP contribution is -2.52. The van der Waals surface area contributed by atoms with E-state index in [2.05, 4.69) is 12.2 Å². The molecule has 1 aliphatic carbocycles. The van der Waals surface area contributed by atoms with Gasteiger partial charge < -0.3 is 5.32 Å². The van der Waals surface area contributed by atoms with Crippen molar-refractivity contribution in [1.29, 1.82) is 0 Å². The number of amides is 1. The van der Waals surface area contributed by atoms with Crippen LogP contribution >= 0.6 is 23.2 Å². The fourth-order valence-corrected chi connectivity index (χ4v) is 3.39. The Morgan fingerprint density at radius 2 is 2.30 bits per heavy atom. The number of rotatable bonds is 3. The van der Waals surface area contributed by atoms with Gasteiger partial charge in [0.05, 0.1) is 11.1 Å². The van der Waals surface area contributed by atoms with Crippen molar-refractivity contribution in [2.75, 3.05) is 5.88 Å². The standard InChI is InChI=1S/C15H18Cl2FNO/c1-10-3-2-6-15(8-10,9-16)19-14(20)12-7-11(17)4-5-13(12)18/h4-5,7,10H,2-3,6,8-9H2,1H3,(H,19,20). The molecule has 1 aliphatic rings. The van der Waals surface area contributed by atoms with Crippen LogP contribution in [-0.2, 0) is 0 Å². The highest BCUT2D eigenvalue weighted by Gasteiger charge is 2.36. The number of alkyl halides is 1. The predicted octanol–water partition coefficient (Wildman–Crippen LogP) is 4.40. The number of hydrogen-bond acceptors (Lipinski definition) is 1. The van der Waals surface area contributed by atoms with Gasteiger partial charge in [-0.3, -0.25) is 4.79 Å². The average molecular weight is 318 g/mol. The molecule has 2 nitrogen and oxygen atoms in total. The number of halogens is 3. The van der Waals surface area contributed by atoms with Crippen molar-refractivity contribution in [3.8, 4) is 0 Å². The molecule has 0 aromatic heterocycles. The molecule has 2 atom stereocenters. The lowest BCUT2D eigenvalue weighted by molar-refractivity contribution is 0.0863. The van der Waals surface area contributed by atoms with Gasteiger partial charge in [0.1, 0.15) is 5.82 Å². The van der Waals surface area contributed by atoms with Crippen LogP contribution in [0.1, 0.15) is 43.0 Å². The van der Waals surface area contributed by atoms with Crippen LogP contribution in [0, 0.1) is 11.7 Å². The molecule has 2 unspecified atom stereocenters. The van der Waals surface area contributed by atoms with E-state index in [4.69, 9.17) is 23.2 Å². The van der Waals surface area contributed by atoms with Crippen LogP contribution in [0.4, 0.5) is 4.39 Å². The fourth-order valence-electron chi connectivity index (χ4n) is 2.91. The molecule has 0 heterocycles. The molecule has 0 spiro atoms. The summed E-state index contributed by atoms with van der Waals surface area (Å²) in [4.78, 5) is 12.3. The van der Waals surface area contributed by atoms with E-state index in [-0.39, 0.29) is 5.56 Å². The lowest BCUT2D eigenvalue weighted by atomic mass is 9.77. The quantitative estimate of drug-likeness (QED) is 0.823. The molecule has 0 bridgehead atoms. The molecule has 20 heavy (non-hydrogen) atoms. The normalized spacial score (nSPS) is 26.3. The third-order valence-corrected chi connectivity index (χ3v) is 4.65. The molecule has 1 fully saturated rings. The summed E-state index contributed by atoms with van der Waals surface area (Å²) in [7, 11) is 0. The maximum atomic E-state index is 13.7. The van der Waals surface area contributed by atoms with Crippen molar-refractivity contribution in [3.05, 3.63) is 34.6 Å². The van der Waals surface area contributed by atoms with Crippen molar-refractivity contribution in [2.45, 2.75) is 38.1 Å². The Morgan fingerprint density at radius 1 is 1.55 bits per heavy atom. The smallest absolute Gasteiger partial charge is 0.254 e. The van der Waals surface area contributed by atoms with Gasteiger partial charge in [-0.2, -0.15) is 0 Å². The summed E-state index contributed by atoms with van der Waals surface area (Å²) in [5.41, 5.74) is -0.467. The number of benzene rings is 1. The number of carbonyl (C=O) groups excluding carboxylic acids is 1. The van der Waals surface area contributed by atoms with Crippen LogP contribution in [0.2, 0.25) is 5.02 Å². The molecule has 2 rings (SSSR count). The largest absolute Gasteiger partial charge is 0.345 e. The summed E-state index contributed by atoms with van der Waals surface area (Å²) in [5.74, 6) is -0.169. The molecule has 1 aromatic rings. The minimum Gasteiger partial charge on any atom is -0.345 e. The first-order valence-corrected chi connectivity index (χ1v) is 7.70. The molecule has 5 heteroatoms. The van der Waals surface area contributed by atoms with Crippen LogP contribution in [0.25, 0.3) is 0 Å². The second-order valence-electron chi connectivity index (χ2n) is 5.69. The summed E-state index contributed by atoms with van der Waals surface area (Å²) in [6, 6.07) is 3.97. The Kier molecular flexibility index (Phi) is 4.92. The number of nitrogens with one attached hydrogen (secondary N) is 1. The van der Waals surface area contributed by atoms with E-state index in [0.717, 1.165) is 25.7 Å². The molecule has 0 aliphatic heterocycles. The fraction of sp³-hybridized carbons (Fsp3) is 0.533. The highest BCUT2D eigenvalue weighted by Crippen LogP contribution is 2.33. The average Bonchev–Trinajstić information content (AvgIpc) is 2.41. The topological polar surface area (TPSA) is 29.1 Å². The maximum Gasteiger partial charge on any atom is 0.254 e. The van der Waals surface area contributed by atoms with Crippen LogP contribution < -0.4 is 5.32 Å². The summed E-state index contributed by atoms with van der Waals surface area (Å²) in [5, 5.41) is 3.27. The third-order valence-electron chi connectivity index (χ3n) is 3.90. The van der Waals surface area contributed by atoms with Crippen molar-refractivity contribution in [3.63, 3.8) is 0 Å². The van der Waals surface area contributed by atoms with Crippen molar-refractivity contribution >= 4 is 29.1 Å². The minimum atomic E-state index is -0.569. The number of hydrogen-bond donors (Lipinski definition) is 1. The zero-order chi connectivity index (χ0) is 14.8. The van der Waals surface area contributed by atoms with Gasteiger partial charge in [0.15, 0.2) is 0 Å². The number of carbonyl (C=O) groups is 1. The second kappa shape index (κ2) is 6.31. The van der Waals surface area contributed by atoms with E-state index in [1.807, 2.05) is 0 Å². The summed E-state index contributed by atoms with van der Waals surface area (Å²) in [6.07, 6.45) is 3.81. The first kappa shape index (κ1) is 15.6. The van der Waals surface area contributed by atoms with Gasteiger partial charge >= 0.3 is 0 Å². The Balaban J connectivity index is 2.19. The zero-order valence-corrected chi connectivity index (χ0v) is 12.9. The third kappa shape index (κ3) is 3.44. The van der Waals surface area contributed by atoms with Gasteiger partial charge in [0.25, 0.3) is 5.91 Å². The SMILES string of the molecule is CC1CCCC(CCl)(NC(=O)c2cc(Cl)ccc2F)C1. The predicted molar refractivity (Wildman–Crippen MR) is 80.0 cm³/mol. The summed E-state index contributed by atoms with van der Waals surface area (Å²) in [6.45, 7) is 2.15. The van der Waals surface area contributed by atoms with Gasteiger partial charge in [-0.25, -0.2) is 4.39 Å². The van der Waals surface area contributed by atoms with Crippen LogP contribution in [-0.4, -0.2) is 17.3 Å². The second-order valence-corrected chi connectivity index (χ2v) is 6.40. The lowest BCUT2D eigenvalue weighted by Gasteiger charge is -2.39. The molecule has 0 saturated heterocycles. The van der Waals surface area contributed by atoms with Crippen molar-refractivity contribution in [1.82, 2.24) is 5.32 Å². The van der Waals surface area contributed by atoms with E-state index < -0.39 is 17.3 Å². The summed E-state index contributed by atoms with van der Waals surface area (Å²) >= 11 is 11.9. The molecule has 1 amide bonds. The van der Waals surface area contributed by atoms with E-state index in [1.54, 1.807) is 0 Å². The van der Waals surface area contributed by atoms with Gasteiger partial charge in [-0.1, -0.05) is 31.4 Å². The first-order chi connectivity index (χ1) is 9.46. The Labute approximate surface area is 128 Å². The molecule has 1 N–H and O–H groups in total. The van der Waals surface area contributed by atoms with Crippen molar-refractivity contribution in [2.24, 2.45) is 5.92 Å². The molecule has 110 valence electrons. The van der Waals surface area contributed by atoms with E-state index in [1.165, 1.54) is 18.2 Å². The van der Waals surface area contributed by atoms with Crippen LogP contribution in [0.3, 0.4) is 0 Å². The monoisotopic (exact) mass is 317 g/mol. The Morgan fingerprint density at radius 3 is 2.95 bits per heavy atom. The van der Waals surface area contributed by atoms with Gasteiger partial charge in [-0.15, -0.1) is 11.6 Å². The van der Waals surface area contributed by atoms with E-state index in [9.17, 15) is 9.18 Å². The molecule has 1 saturated carbocycles. The zero-order valence-electron chi connectivity index (χ0n) is 11.4. The van der Waals surface area contributed by atoms with Gasteiger partial charge in [0, 0.05) is 10.9 Å². The molecular formula is C15H18Cl2FNO. The Hall–Kier alpha value is -0.800. The van der Waals surface area contributed by atoms with Gasteiger partial charge in [0.2, 0.25) is 0 Å². The van der Waals surface area contributed by atoms with Crippen LogP contribution in [0.15, 0.2) is 18.2 Å². The highest BCUT2D eigenvalue weighted by atomic mass is 35.5.